The van der Waals surface area contributed by atoms with Gasteiger partial charge in [0.05, 0.1) is 5.92 Å². The summed E-state index contributed by atoms with van der Waals surface area (Å²) < 4.78 is 0. The largest absolute Gasteiger partial charge is 0.481 e. The van der Waals surface area contributed by atoms with E-state index in [1.54, 1.807) is 0 Å². The van der Waals surface area contributed by atoms with Crippen molar-refractivity contribution in [3.05, 3.63) is 0 Å². The normalized spacial score (nSPS) is 13.2. The van der Waals surface area contributed by atoms with E-state index in [9.17, 15) is 9.90 Å². The predicted molar refractivity (Wildman–Crippen MR) is 179 cm³/mol. The van der Waals surface area contributed by atoms with Gasteiger partial charge < -0.3 is 5.11 Å². The Hall–Kier alpha value is -0.530. The molecule has 2 heteroatoms. The van der Waals surface area contributed by atoms with Gasteiger partial charge in [-0.05, 0) is 24.7 Å². The first-order valence-corrected chi connectivity index (χ1v) is 18.7. The highest BCUT2D eigenvalue weighted by Gasteiger charge is 2.22. The van der Waals surface area contributed by atoms with Gasteiger partial charge in [-0.2, -0.15) is 0 Å². The molecule has 0 aliphatic heterocycles. The van der Waals surface area contributed by atoms with E-state index in [0.717, 1.165) is 25.2 Å². The van der Waals surface area contributed by atoms with Gasteiger partial charge in [0.1, 0.15) is 0 Å². The lowest BCUT2D eigenvalue weighted by Crippen LogP contribution is -2.18. The minimum Gasteiger partial charge on any atom is -0.481 e. The lowest BCUT2D eigenvalue weighted by molar-refractivity contribution is -0.142. The zero-order valence-electron chi connectivity index (χ0n) is 28.3. The first kappa shape index (κ1) is 39.5. The summed E-state index contributed by atoms with van der Waals surface area (Å²) in [6, 6.07) is 0. The molecule has 0 radical (unpaired) electrons. The number of carbonyl (C=O) groups is 1. The van der Waals surface area contributed by atoms with E-state index >= 15 is 0 Å². The van der Waals surface area contributed by atoms with Crippen LogP contribution in [-0.4, -0.2) is 11.1 Å². The van der Waals surface area contributed by atoms with Crippen LogP contribution in [0.5, 0.6) is 0 Å². The molecule has 0 aliphatic rings. The highest BCUT2D eigenvalue weighted by Crippen LogP contribution is 2.28. The maximum atomic E-state index is 12.2. The van der Waals surface area contributed by atoms with Crippen LogP contribution in [-0.2, 0) is 4.79 Å². The minimum atomic E-state index is -0.530. The van der Waals surface area contributed by atoms with Crippen molar-refractivity contribution in [1.82, 2.24) is 0 Å². The molecule has 0 aromatic heterocycles. The molecule has 0 aromatic carbocycles. The molecule has 0 saturated heterocycles. The van der Waals surface area contributed by atoms with Gasteiger partial charge in [-0.3, -0.25) is 4.79 Å². The average Bonchev–Trinajstić information content (AvgIpc) is 2.93. The smallest absolute Gasteiger partial charge is 0.306 e. The molecule has 0 aromatic rings. The van der Waals surface area contributed by atoms with Crippen molar-refractivity contribution in [3.8, 4) is 0 Å². The Morgan fingerprint density at radius 2 is 0.750 bits per heavy atom. The Morgan fingerprint density at radius 3 is 1.07 bits per heavy atom. The van der Waals surface area contributed by atoms with Crippen LogP contribution < -0.4 is 0 Å². The second-order valence-corrected chi connectivity index (χ2v) is 13.8. The number of unbranched alkanes of at least 4 members (excludes halogenated alkanes) is 22. The summed E-state index contributed by atoms with van der Waals surface area (Å²) in [6.07, 6.45) is 39.5. The molecule has 0 saturated carbocycles. The maximum absolute atomic E-state index is 12.2. The number of aliphatic carboxylic acids is 1. The van der Waals surface area contributed by atoms with E-state index in [4.69, 9.17) is 0 Å². The lowest BCUT2D eigenvalue weighted by Gasteiger charge is -2.21. The van der Waals surface area contributed by atoms with E-state index in [2.05, 4.69) is 27.7 Å². The van der Waals surface area contributed by atoms with Crippen molar-refractivity contribution in [2.75, 3.05) is 0 Å². The number of hydrogen-bond donors (Lipinski definition) is 1. The molecule has 1 N–H and O–H groups in total. The zero-order valence-corrected chi connectivity index (χ0v) is 28.3. The van der Waals surface area contributed by atoms with Crippen molar-refractivity contribution < 1.29 is 9.90 Å². The molecular formula is C38H76O2. The van der Waals surface area contributed by atoms with Crippen LogP contribution in [0.15, 0.2) is 0 Å². The van der Waals surface area contributed by atoms with Crippen molar-refractivity contribution in [3.63, 3.8) is 0 Å². The summed E-state index contributed by atoms with van der Waals surface area (Å²) in [7, 11) is 0. The molecule has 0 spiro atoms. The molecule has 2 atom stereocenters. The second kappa shape index (κ2) is 31.4. The van der Waals surface area contributed by atoms with Crippen LogP contribution in [0.25, 0.3) is 0 Å². The SMILES string of the molecule is CCCCCCCCCCC(CCCCCCCC)CC(CCCCCCCCCCCCCC(C)C)C(=O)O. The number of carboxylic acids is 1. The fourth-order valence-corrected chi connectivity index (χ4v) is 6.44. The van der Waals surface area contributed by atoms with Gasteiger partial charge in [-0.1, -0.05) is 207 Å². The summed E-state index contributed by atoms with van der Waals surface area (Å²) in [4.78, 5) is 12.2. The van der Waals surface area contributed by atoms with Gasteiger partial charge in [0.15, 0.2) is 0 Å². The van der Waals surface area contributed by atoms with Gasteiger partial charge in [0, 0.05) is 0 Å². The van der Waals surface area contributed by atoms with Crippen molar-refractivity contribution >= 4 is 5.97 Å². The summed E-state index contributed by atoms with van der Waals surface area (Å²) in [5.74, 6) is 0.835. The summed E-state index contributed by atoms with van der Waals surface area (Å²) >= 11 is 0. The van der Waals surface area contributed by atoms with Gasteiger partial charge >= 0.3 is 5.97 Å². The lowest BCUT2D eigenvalue weighted by atomic mass is 9.84. The van der Waals surface area contributed by atoms with Gasteiger partial charge in [0.25, 0.3) is 0 Å². The summed E-state index contributed by atoms with van der Waals surface area (Å²) in [6.45, 7) is 9.22. The third kappa shape index (κ3) is 29.0. The number of carboxylic acid groups (broad SMARTS) is 1. The Kier molecular flexibility index (Phi) is 31.0. The van der Waals surface area contributed by atoms with Crippen molar-refractivity contribution in [1.29, 1.82) is 0 Å². The molecule has 0 bridgehead atoms. The second-order valence-electron chi connectivity index (χ2n) is 13.8. The standard InChI is InChI=1S/C38H76O2/c1-5-7-9-11-13-20-24-28-32-36(31-27-23-12-10-8-6-2)34-37(38(39)40)33-29-25-21-18-16-14-15-17-19-22-26-30-35(3)4/h35-37H,5-34H2,1-4H3,(H,39,40). The Labute approximate surface area is 253 Å². The third-order valence-electron chi connectivity index (χ3n) is 9.23. The average molecular weight is 565 g/mol. The molecule has 0 heterocycles. The van der Waals surface area contributed by atoms with Gasteiger partial charge in [0.2, 0.25) is 0 Å². The van der Waals surface area contributed by atoms with Gasteiger partial charge in [-0.25, -0.2) is 0 Å². The van der Waals surface area contributed by atoms with Gasteiger partial charge in [-0.15, -0.1) is 0 Å². The Balaban J connectivity index is 4.16. The summed E-state index contributed by atoms with van der Waals surface area (Å²) in [5, 5.41) is 10.0. The van der Waals surface area contributed by atoms with E-state index in [0.29, 0.717) is 5.92 Å². The molecular weight excluding hydrogens is 488 g/mol. The van der Waals surface area contributed by atoms with E-state index < -0.39 is 5.97 Å². The first-order valence-electron chi connectivity index (χ1n) is 18.7. The van der Waals surface area contributed by atoms with Crippen LogP contribution in [0.3, 0.4) is 0 Å². The monoisotopic (exact) mass is 565 g/mol. The minimum absolute atomic E-state index is 0.116. The molecule has 0 amide bonds. The molecule has 2 unspecified atom stereocenters. The fraction of sp³-hybridized carbons (Fsp3) is 0.974. The quantitative estimate of drug-likeness (QED) is 0.0805. The molecule has 0 aliphatic carbocycles. The number of hydrogen-bond acceptors (Lipinski definition) is 1. The molecule has 2 nitrogen and oxygen atoms in total. The molecule has 40 heavy (non-hydrogen) atoms. The summed E-state index contributed by atoms with van der Waals surface area (Å²) in [5.41, 5.74) is 0. The van der Waals surface area contributed by atoms with Crippen LogP contribution in [0, 0.1) is 17.8 Å². The fourth-order valence-electron chi connectivity index (χ4n) is 6.44. The van der Waals surface area contributed by atoms with Crippen LogP contribution in [0.2, 0.25) is 0 Å². The number of rotatable bonds is 33. The van der Waals surface area contributed by atoms with Crippen LogP contribution in [0.1, 0.15) is 220 Å². The first-order chi connectivity index (χ1) is 19.5. The van der Waals surface area contributed by atoms with Crippen LogP contribution >= 0.6 is 0 Å². The Bertz CT molecular complexity index is 500. The van der Waals surface area contributed by atoms with E-state index in [1.165, 1.54) is 173 Å². The van der Waals surface area contributed by atoms with Crippen LogP contribution in [0.4, 0.5) is 0 Å². The predicted octanol–water partition coefficient (Wildman–Crippen LogP) is 13.7. The van der Waals surface area contributed by atoms with E-state index in [1.807, 2.05) is 0 Å². The topological polar surface area (TPSA) is 37.3 Å². The Morgan fingerprint density at radius 1 is 0.450 bits per heavy atom. The molecule has 0 fully saturated rings. The maximum Gasteiger partial charge on any atom is 0.306 e. The van der Waals surface area contributed by atoms with E-state index in [-0.39, 0.29) is 5.92 Å². The van der Waals surface area contributed by atoms with Crippen molar-refractivity contribution in [2.24, 2.45) is 17.8 Å². The van der Waals surface area contributed by atoms with Crippen molar-refractivity contribution in [2.45, 2.75) is 220 Å². The zero-order chi connectivity index (χ0) is 29.5. The third-order valence-corrected chi connectivity index (χ3v) is 9.23. The highest BCUT2D eigenvalue weighted by atomic mass is 16.4. The highest BCUT2D eigenvalue weighted by molar-refractivity contribution is 5.69. The molecule has 240 valence electrons. The molecule has 0 rings (SSSR count).